The fourth-order valence-corrected chi connectivity index (χ4v) is 2.65. The number of rotatable bonds is 2. The van der Waals surface area contributed by atoms with Gasteiger partial charge in [-0.05, 0) is 24.4 Å². The lowest BCUT2D eigenvalue weighted by Crippen LogP contribution is -2.30. The van der Waals surface area contributed by atoms with Crippen LogP contribution in [-0.2, 0) is 0 Å². The van der Waals surface area contributed by atoms with Crippen LogP contribution in [0, 0.1) is 9.54 Å². The molecule has 0 aliphatic rings. The van der Waals surface area contributed by atoms with E-state index in [9.17, 15) is 9.59 Å². The van der Waals surface area contributed by atoms with Gasteiger partial charge in [0.05, 0.1) is 0 Å². The Labute approximate surface area is 179 Å². The van der Waals surface area contributed by atoms with Crippen LogP contribution in [0.15, 0.2) is 70.3 Å². The Morgan fingerprint density at radius 2 is 1.00 bits per heavy atom. The molecule has 0 aliphatic heterocycles. The third-order valence-electron chi connectivity index (χ3n) is 3.90. The highest BCUT2D eigenvalue weighted by Crippen LogP contribution is 2.10. The predicted molar refractivity (Wildman–Crippen MR) is 119 cm³/mol. The van der Waals surface area contributed by atoms with Crippen LogP contribution in [0.5, 0.6) is 0 Å². The lowest BCUT2D eigenvalue weighted by Gasteiger charge is -2.01. The molecule has 30 heavy (non-hydrogen) atoms. The van der Waals surface area contributed by atoms with Crippen LogP contribution in [-0.4, -0.2) is 29.7 Å². The highest BCUT2D eigenvalue weighted by atomic mass is 32.1. The summed E-state index contributed by atoms with van der Waals surface area (Å²) in [6, 6.07) is 18.1. The molecule has 0 unspecified atom stereocenters. The van der Waals surface area contributed by atoms with Gasteiger partial charge in [0.1, 0.15) is 0 Å². The van der Waals surface area contributed by atoms with Crippen molar-refractivity contribution in [1.82, 2.24) is 29.7 Å². The topological polar surface area (TPSA) is 153 Å². The Morgan fingerprint density at radius 3 is 1.33 bits per heavy atom. The molecule has 0 amide bonds. The molecule has 10 nitrogen and oxygen atoms in total. The van der Waals surface area contributed by atoms with Gasteiger partial charge < -0.3 is 11.7 Å². The van der Waals surface area contributed by atoms with E-state index in [0.717, 1.165) is 9.35 Å². The summed E-state index contributed by atoms with van der Waals surface area (Å²) in [5.41, 5.74) is 1.09. The zero-order valence-electron chi connectivity index (χ0n) is 15.4. The Bertz CT molecular complexity index is 1280. The van der Waals surface area contributed by atoms with E-state index in [0.29, 0.717) is 11.1 Å². The van der Waals surface area contributed by atoms with E-state index < -0.39 is 11.1 Å². The van der Waals surface area contributed by atoms with E-state index in [-0.39, 0.29) is 20.9 Å². The molecule has 152 valence electrons. The summed E-state index contributed by atoms with van der Waals surface area (Å²) in [6.45, 7) is 0. The van der Waals surface area contributed by atoms with Gasteiger partial charge in [-0.3, -0.25) is 19.8 Å². The first-order valence-corrected chi connectivity index (χ1v) is 9.26. The number of H-pyrrole nitrogens is 2. The van der Waals surface area contributed by atoms with Crippen molar-refractivity contribution in [3.05, 3.63) is 90.9 Å². The molecule has 0 spiro atoms. The monoisotopic (exact) mass is 440 g/mol. The number of nitrogens with zero attached hydrogens (tertiary/aromatic N) is 4. The third kappa shape index (κ3) is 4.39. The minimum atomic E-state index is -0.412. The van der Waals surface area contributed by atoms with Crippen molar-refractivity contribution in [3.8, 4) is 22.5 Å². The molecular weight excluding hydrogens is 424 g/mol. The maximum Gasteiger partial charge on any atom is 0.299 e. The molecule has 4 rings (SSSR count). The summed E-state index contributed by atoms with van der Waals surface area (Å²) < 4.78 is 1.93. The van der Waals surface area contributed by atoms with E-state index in [1.807, 2.05) is 36.4 Å². The third-order valence-corrected chi connectivity index (χ3v) is 4.48. The number of nitrogen functional groups attached to an aromatic ring is 2. The van der Waals surface area contributed by atoms with Gasteiger partial charge in [0.15, 0.2) is 11.4 Å². The number of benzene rings is 2. The van der Waals surface area contributed by atoms with Gasteiger partial charge in [-0.15, -0.1) is 0 Å². The van der Waals surface area contributed by atoms with Gasteiger partial charge >= 0.3 is 0 Å². The SMILES string of the molecule is Nn1c(=S)[nH]nc(-c2ccccc2)c1=O.Nn1c(=S)[nH]nc(-c2ccccc2)c1=O. The van der Waals surface area contributed by atoms with Crippen LogP contribution in [0.1, 0.15) is 0 Å². The molecule has 12 heteroatoms. The lowest BCUT2D eigenvalue weighted by atomic mass is 10.2. The molecule has 0 bridgehead atoms. The zero-order valence-corrected chi connectivity index (χ0v) is 17.0. The average molecular weight is 441 g/mol. The molecule has 6 N–H and O–H groups in total. The minimum absolute atomic E-state index is 0.0969. The largest absolute Gasteiger partial charge is 0.334 e. The maximum atomic E-state index is 11.7. The summed E-state index contributed by atoms with van der Waals surface area (Å²) in [6.07, 6.45) is 0. The maximum absolute atomic E-state index is 11.7. The van der Waals surface area contributed by atoms with Crippen molar-refractivity contribution in [2.24, 2.45) is 0 Å². The molecule has 2 aromatic carbocycles. The second-order valence-corrected chi connectivity index (χ2v) is 6.61. The van der Waals surface area contributed by atoms with Gasteiger partial charge in [0.25, 0.3) is 11.1 Å². The highest BCUT2D eigenvalue weighted by molar-refractivity contribution is 7.71. The quantitative estimate of drug-likeness (QED) is 0.269. The molecule has 0 radical (unpaired) electrons. The van der Waals surface area contributed by atoms with E-state index in [2.05, 4.69) is 20.4 Å². The van der Waals surface area contributed by atoms with Gasteiger partial charge in [-0.25, -0.2) is 0 Å². The summed E-state index contributed by atoms with van der Waals surface area (Å²) in [5.74, 6) is 10.9. The van der Waals surface area contributed by atoms with Gasteiger partial charge in [0.2, 0.25) is 9.54 Å². The smallest absolute Gasteiger partial charge is 0.299 e. The Kier molecular flexibility index (Phi) is 6.29. The summed E-state index contributed by atoms with van der Waals surface area (Å²) >= 11 is 9.54. The number of aromatic nitrogens is 6. The van der Waals surface area contributed by atoms with Crippen LogP contribution < -0.4 is 22.8 Å². The fraction of sp³-hybridized carbons (Fsp3) is 0. The lowest BCUT2D eigenvalue weighted by molar-refractivity contribution is 0.807. The molecule has 4 aromatic rings. The Balaban J connectivity index is 0.000000171. The first-order chi connectivity index (χ1) is 14.4. The van der Waals surface area contributed by atoms with Crippen LogP contribution in [0.2, 0.25) is 0 Å². The van der Waals surface area contributed by atoms with Crippen molar-refractivity contribution >= 4 is 24.4 Å². The molecule has 0 fully saturated rings. The molecule has 2 heterocycles. The van der Waals surface area contributed by atoms with Gasteiger partial charge in [-0.1, -0.05) is 60.7 Å². The van der Waals surface area contributed by atoms with Crippen molar-refractivity contribution in [2.75, 3.05) is 11.7 Å². The second kappa shape index (κ2) is 9.07. The van der Waals surface area contributed by atoms with Gasteiger partial charge in [0, 0.05) is 11.1 Å². The van der Waals surface area contributed by atoms with Gasteiger partial charge in [-0.2, -0.15) is 19.5 Å². The number of aromatic amines is 2. The Hall–Kier alpha value is -3.90. The van der Waals surface area contributed by atoms with Crippen molar-refractivity contribution in [3.63, 3.8) is 0 Å². The van der Waals surface area contributed by atoms with E-state index in [1.165, 1.54) is 0 Å². The van der Waals surface area contributed by atoms with Crippen molar-refractivity contribution < 1.29 is 0 Å². The van der Waals surface area contributed by atoms with Crippen molar-refractivity contribution in [2.45, 2.75) is 0 Å². The molecule has 0 saturated heterocycles. The molecule has 0 aliphatic carbocycles. The number of nitrogens with one attached hydrogen (secondary N) is 2. The summed E-state index contributed by atoms with van der Waals surface area (Å²) in [4.78, 5) is 23.4. The van der Waals surface area contributed by atoms with E-state index in [1.54, 1.807) is 24.3 Å². The molecular formula is C18H16N8O2S2. The number of hydrogen-bond donors (Lipinski definition) is 4. The first kappa shape index (κ1) is 20.8. The van der Waals surface area contributed by atoms with E-state index >= 15 is 0 Å². The summed E-state index contributed by atoms with van der Waals surface area (Å²) in [5, 5.41) is 12.8. The molecule has 0 atom stereocenters. The van der Waals surface area contributed by atoms with Crippen molar-refractivity contribution in [1.29, 1.82) is 0 Å². The van der Waals surface area contributed by atoms with Crippen LogP contribution in [0.25, 0.3) is 22.5 Å². The first-order valence-electron chi connectivity index (χ1n) is 8.44. The average Bonchev–Trinajstić information content (AvgIpc) is 2.78. The number of nitrogens with two attached hydrogens (primary N) is 2. The van der Waals surface area contributed by atoms with Crippen LogP contribution in [0.4, 0.5) is 0 Å². The Morgan fingerprint density at radius 1 is 0.667 bits per heavy atom. The zero-order chi connectivity index (χ0) is 21.7. The highest BCUT2D eigenvalue weighted by Gasteiger charge is 2.07. The van der Waals surface area contributed by atoms with Crippen LogP contribution >= 0.6 is 24.4 Å². The van der Waals surface area contributed by atoms with E-state index in [4.69, 9.17) is 36.1 Å². The molecule has 0 saturated carbocycles. The summed E-state index contributed by atoms with van der Waals surface area (Å²) in [7, 11) is 0. The van der Waals surface area contributed by atoms with Crippen LogP contribution in [0.3, 0.4) is 0 Å². The molecule has 2 aromatic heterocycles. The standard InChI is InChI=1S/2C9H8N4OS/c2*10-13-8(14)7(11-12-9(13)15)6-4-2-1-3-5-6/h2*1-5H,10H2,(H,12,15). The fourth-order valence-electron chi connectivity index (χ4n) is 2.39. The number of hydrogen-bond acceptors (Lipinski definition) is 8. The second-order valence-electron chi connectivity index (χ2n) is 5.84. The minimum Gasteiger partial charge on any atom is -0.334 e. The normalized spacial score (nSPS) is 10.1. The predicted octanol–water partition coefficient (Wildman–Crippen LogP) is 1.36.